The van der Waals surface area contributed by atoms with Crippen molar-refractivity contribution in [3.63, 3.8) is 0 Å². The predicted octanol–water partition coefficient (Wildman–Crippen LogP) is 0.0451. The van der Waals surface area contributed by atoms with Crippen LogP contribution in [0.25, 0.3) is 0 Å². The van der Waals surface area contributed by atoms with Gasteiger partial charge in [0.2, 0.25) is 5.91 Å². The fourth-order valence-corrected chi connectivity index (χ4v) is 3.67. The number of methoxy groups -OCH3 is 1. The summed E-state index contributed by atoms with van der Waals surface area (Å²) < 4.78 is 27.7. The Hall–Kier alpha value is -1.37. The molecule has 0 bridgehead atoms. The Bertz CT molecular complexity index is 518. The van der Waals surface area contributed by atoms with Crippen molar-refractivity contribution in [2.24, 2.45) is 5.41 Å². The van der Waals surface area contributed by atoms with Crippen molar-refractivity contribution in [2.45, 2.75) is 25.5 Å². The molecule has 0 aromatic carbocycles. The summed E-state index contributed by atoms with van der Waals surface area (Å²) in [6, 6.07) is 0. The molecule has 1 fully saturated rings. The standard InChI is InChI=1S/C12H19NO5S/c1-8(2)5-10(14)13-7-12(11(15)18-3)6-9(12)19(4,16)17/h5,9H,6-7H2,1-4H3,(H,13,14)/t9-,12+/m0/s1. The molecule has 0 aliphatic heterocycles. The molecule has 0 aromatic rings. The number of allylic oxidation sites excluding steroid dienone is 1. The minimum Gasteiger partial charge on any atom is -0.469 e. The molecule has 1 aliphatic rings. The molecule has 0 spiro atoms. The van der Waals surface area contributed by atoms with Gasteiger partial charge in [-0.25, -0.2) is 8.42 Å². The molecular weight excluding hydrogens is 270 g/mol. The molecule has 19 heavy (non-hydrogen) atoms. The largest absolute Gasteiger partial charge is 0.469 e. The third-order valence-electron chi connectivity index (χ3n) is 3.11. The Morgan fingerprint density at radius 1 is 1.42 bits per heavy atom. The van der Waals surface area contributed by atoms with Gasteiger partial charge in [-0.2, -0.15) is 0 Å². The highest BCUT2D eigenvalue weighted by molar-refractivity contribution is 7.91. The molecule has 6 nitrogen and oxygen atoms in total. The highest BCUT2D eigenvalue weighted by Gasteiger charge is 2.65. The zero-order valence-electron chi connectivity index (χ0n) is 11.5. The van der Waals surface area contributed by atoms with E-state index in [1.807, 2.05) is 0 Å². The van der Waals surface area contributed by atoms with Crippen molar-refractivity contribution < 1.29 is 22.7 Å². The number of ether oxygens (including phenoxy) is 1. The van der Waals surface area contributed by atoms with Crippen LogP contribution in [0.3, 0.4) is 0 Å². The number of amides is 1. The van der Waals surface area contributed by atoms with E-state index in [4.69, 9.17) is 0 Å². The minimum absolute atomic E-state index is 0.0278. The first kappa shape index (κ1) is 15.7. The van der Waals surface area contributed by atoms with Crippen molar-refractivity contribution >= 4 is 21.7 Å². The molecule has 0 aromatic heterocycles. The van der Waals surface area contributed by atoms with E-state index >= 15 is 0 Å². The van der Waals surface area contributed by atoms with Gasteiger partial charge in [0.15, 0.2) is 9.84 Å². The van der Waals surface area contributed by atoms with Gasteiger partial charge in [-0.3, -0.25) is 9.59 Å². The Labute approximate surface area is 113 Å². The Morgan fingerprint density at radius 3 is 2.37 bits per heavy atom. The third kappa shape index (κ3) is 3.56. The van der Waals surface area contributed by atoms with Gasteiger partial charge in [-0.15, -0.1) is 0 Å². The summed E-state index contributed by atoms with van der Waals surface area (Å²) in [5.41, 5.74) is -0.312. The fraction of sp³-hybridized carbons (Fsp3) is 0.667. The van der Waals surface area contributed by atoms with Crippen molar-refractivity contribution in [1.29, 1.82) is 0 Å². The Kier molecular flexibility index (Phi) is 4.39. The van der Waals surface area contributed by atoms with Crippen LogP contribution >= 0.6 is 0 Å². The number of sulfone groups is 1. The quantitative estimate of drug-likeness (QED) is 0.570. The van der Waals surface area contributed by atoms with Crippen LogP contribution in [0.5, 0.6) is 0 Å². The molecule has 2 atom stereocenters. The second-order valence-electron chi connectivity index (χ2n) is 5.11. The van der Waals surface area contributed by atoms with E-state index in [2.05, 4.69) is 10.1 Å². The number of nitrogens with one attached hydrogen (secondary N) is 1. The van der Waals surface area contributed by atoms with Crippen LogP contribution in [0, 0.1) is 5.41 Å². The number of hydrogen-bond acceptors (Lipinski definition) is 5. The van der Waals surface area contributed by atoms with Gasteiger partial charge >= 0.3 is 5.97 Å². The van der Waals surface area contributed by atoms with Crippen molar-refractivity contribution in [3.8, 4) is 0 Å². The molecule has 1 amide bonds. The summed E-state index contributed by atoms with van der Waals surface area (Å²) in [4.78, 5) is 23.2. The van der Waals surface area contributed by atoms with E-state index in [1.165, 1.54) is 13.2 Å². The lowest BCUT2D eigenvalue weighted by Gasteiger charge is -2.14. The lowest BCUT2D eigenvalue weighted by Crippen LogP contribution is -2.37. The molecule has 0 heterocycles. The molecule has 1 N–H and O–H groups in total. The first-order valence-corrected chi connectivity index (χ1v) is 7.79. The van der Waals surface area contributed by atoms with Gasteiger partial charge in [0.25, 0.3) is 0 Å². The zero-order valence-corrected chi connectivity index (χ0v) is 12.3. The second kappa shape index (κ2) is 5.32. The summed E-state index contributed by atoms with van der Waals surface area (Å²) >= 11 is 0. The van der Waals surface area contributed by atoms with Gasteiger partial charge in [0, 0.05) is 18.9 Å². The summed E-state index contributed by atoms with van der Waals surface area (Å²) in [6.07, 6.45) is 2.66. The minimum atomic E-state index is -3.33. The topological polar surface area (TPSA) is 89.5 Å². The summed E-state index contributed by atoms with van der Waals surface area (Å²) in [7, 11) is -2.12. The second-order valence-corrected chi connectivity index (χ2v) is 7.34. The monoisotopic (exact) mass is 289 g/mol. The Balaban J connectivity index is 2.79. The van der Waals surface area contributed by atoms with Crippen molar-refractivity contribution in [1.82, 2.24) is 5.32 Å². The van der Waals surface area contributed by atoms with Gasteiger partial charge in [0.05, 0.1) is 12.4 Å². The molecule has 1 rings (SSSR count). The highest BCUT2D eigenvalue weighted by atomic mass is 32.2. The fourth-order valence-electron chi connectivity index (χ4n) is 2.07. The zero-order chi connectivity index (χ0) is 14.8. The van der Waals surface area contributed by atoms with Gasteiger partial charge < -0.3 is 10.1 Å². The van der Waals surface area contributed by atoms with E-state index in [-0.39, 0.29) is 18.9 Å². The maximum atomic E-state index is 11.7. The van der Waals surface area contributed by atoms with E-state index in [0.717, 1.165) is 11.8 Å². The molecule has 1 aliphatic carbocycles. The third-order valence-corrected chi connectivity index (χ3v) is 4.76. The van der Waals surface area contributed by atoms with Crippen LogP contribution in [0.15, 0.2) is 11.6 Å². The van der Waals surface area contributed by atoms with E-state index in [0.29, 0.717) is 0 Å². The van der Waals surface area contributed by atoms with Crippen LogP contribution < -0.4 is 5.32 Å². The van der Waals surface area contributed by atoms with Crippen LogP contribution in [-0.4, -0.2) is 45.5 Å². The average Bonchev–Trinajstić information content (AvgIpc) is 3.00. The number of rotatable bonds is 5. The Morgan fingerprint density at radius 2 is 2.00 bits per heavy atom. The molecule has 108 valence electrons. The number of carbonyl (C=O) groups excluding carboxylic acids is 2. The number of hydrogen-bond donors (Lipinski definition) is 1. The molecule has 0 saturated heterocycles. The van der Waals surface area contributed by atoms with Crippen LogP contribution in [0.4, 0.5) is 0 Å². The lowest BCUT2D eigenvalue weighted by atomic mass is 10.1. The molecular formula is C12H19NO5S. The van der Waals surface area contributed by atoms with Crippen LogP contribution in [0.2, 0.25) is 0 Å². The van der Waals surface area contributed by atoms with E-state index in [1.54, 1.807) is 13.8 Å². The normalized spacial score (nSPS) is 25.4. The molecule has 0 unspecified atom stereocenters. The first-order valence-electron chi connectivity index (χ1n) is 5.83. The van der Waals surface area contributed by atoms with Crippen LogP contribution in [0.1, 0.15) is 20.3 Å². The SMILES string of the molecule is COC(=O)[C@@]1(CNC(=O)C=C(C)C)C[C@@H]1S(C)(=O)=O. The van der Waals surface area contributed by atoms with Crippen molar-refractivity contribution in [2.75, 3.05) is 19.9 Å². The number of esters is 1. The van der Waals surface area contributed by atoms with Gasteiger partial charge in [-0.05, 0) is 20.3 Å². The maximum absolute atomic E-state index is 11.7. The smallest absolute Gasteiger partial charge is 0.314 e. The maximum Gasteiger partial charge on any atom is 0.314 e. The summed E-state index contributed by atoms with van der Waals surface area (Å²) in [6.45, 7) is 3.51. The van der Waals surface area contributed by atoms with E-state index in [9.17, 15) is 18.0 Å². The predicted molar refractivity (Wildman–Crippen MR) is 70.1 cm³/mol. The molecule has 1 saturated carbocycles. The van der Waals surface area contributed by atoms with Crippen molar-refractivity contribution in [3.05, 3.63) is 11.6 Å². The summed E-state index contributed by atoms with van der Waals surface area (Å²) in [5.74, 6) is -0.942. The number of carbonyl (C=O) groups is 2. The average molecular weight is 289 g/mol. The van der Waals surface area contributed by atoms with Gasteiger partial charge in [0.1, 0.15) is 5.41 Å². The highest BCUT2D eigenvalue weighted by Crippen LogP contribution is 2.51. The van der Waals surface area contributed by atoms with E-state index < -0.39 is 26.5 Å². The first-order chi connectivity index (χ1) is 8.63. The van der Waals surface area contributed by atoms with Crippen LogP contribution in [-0.2, 0) is 24.2 Å². The molecule has 7 heteroatoms. The summed E-state index contributed by atoms with van der Waals surface area (Å²) in [5, 5.41) is 1.78. The molecule has 0 radical (unpaired) electrons. The van der Waals surface area contributed by atoms with Gasteiger partial charge in [-0.1, -0.05) is 5.57 Å². The lowest BCUT2D eigenvalue weighted by molar-refractivity contribution is -0.146.